The first-order valence-corrected chi connectivity index (χ1v) is 7.68. The molecule has 0 spiro atoms. The maximum Gasteiger partial charge on any atom is 0.140 e. The molecule has 3 heteroatoms. The number of nitrogens with two attached hydrogens (primary N) is 1. The Balaban J connectivity index is 1.95. The fourth-order valence-electron chi connectivity index (χ4n) is 3.47. The minimum absolute atomic E-state index is 0.601. The van der Waals surface area contributed by atoms with Crippen molar-refractivity contribution < 1.29 is 0 Å². The molecule has 3 nitrogen and oxygen atoms in total. The number of benzene rings is 1. The van der Waals surface area contributed by atoms with Crippen LogP contribution in [-0.2, 0) is 0 Å². The molecule has 0 aliphatic heterocycles. The maximum atomic E-state index is 5.78. The third-order valence-electron chi connectivity index (χ3n) is 4.59. The van der Waals surface area contributed by atoms with E-state index in [4.69, 9.17) is 5.73 Å². The number of rotatable bonds is 3. The molecule has 0 saturated heterocycles. The molecule has 1 aromatic carbocycles. The second-order valence-corrected chi connectivity index (χ2v) is 5.80. The molecular formula is C17H23N3. The molecule has 1 aliphatic rings. The second kappa shape index (κ2) is 5.70. The van der Waals surface area contributed by atoms with Crippen LogP contribution in [0, 0.1) is 5.92 Å². The standard InChI is InChI=1S/C17H23N3/c1-2-13-5-3-4-6-16(13)20-12-11-19-17(20)14-7-9-15(18)10-8-14/h7-13,16H,2-6,18H2,1H3. The molecule has 0 radical (unpaired) electrons. The average Bonchev–Trinajstić information content (AvgIpc) is 2.97. The van der Waals surface area contributed by atoms with Gasteiger partial charge in [0.1, 0.15) is 5.82 Å². The zero-order valence-corrected chi connectivity index (χ0v) is 12.1. The van der Waals surface area contributed by atoms with E-state index in [2.05, 4.69) is 34.8 Å². The molecule has 20 heavy (non-hydrogen) atoms. The minimum Gasteiger partial charge on any atom is -0.399 e. The van der Waals surface area contributed by atoms with E-state index in [1.165, 1.54) is 32.1 Å². The normalized spacial score (nSPS) is 22.9. The minimum atomic E-state index is 0.601. The number of imidazole rings is 1. The first-order valence-electron chi connectivity index (χ1n) is 7.68. The van der Waals surface area contributed by atoms with Crippen LogP contribution in [0.5, 0.6) is 0 Å². The molecule has 1 fully saturated rings. The first kappa shape index (κ1) is 13.2. The highest BCUT2D eigenvalue weighted by molar-refractivity contribution is 5.59. The van der Waals surface area contributed by atoms with Crippen molar-refractivity contribution in [3.05, 3.63) is 36.7 Å². The lowest BCUT2D eigenvalue weighted by Crippen LogP contribution is -2.23. The molecular weight excluding hydrogens is 246 g/mol. The highest BCUT2D eigenvalue weighted by Crippen LogP contribution is 2.38. The predicted molar refractivity (Wildman–Crippen MR) is 83.4 cm³/mol. The van der Waals surface area contributed by atoms with Gasteiger partial charge in [-0.05, 0) is 43.0 Å². The third-order valence-corrected chi connectivity index (χ3v) is 4.59. The molecule has 2 unspecified atom stereocenters. The summed E-state index contributed by atoms with van der Waals surface area (Å²) in [6.45, 7) is 2.31. The van der Waals surface area contributed by atoms with Crippen LogP contribution in [0.1, 0.15) is 45.1 Å². The number of nitrogens with zero attached hydrogens (tertiary/aromatic N) is 2. The van der Waals surface area contributed by atoms with Crippen molar-refractivity contribution in [1.82, 2.24) is 9.55 Å². The highest BCUT2D eigenvalue weighted by atomic mass is 15.1. The van der Waals surface area contributed by atoms with Crippen LogP contribution in [0.4, 0.5) is 5.69 Å². The van der Waals surface area contributed by atoms with E-state index in [-0.39, 0.29) is 0 Å². The Morgan fingerprint density at radius 1 is 1.20 bits per heavy atom. The van der Waals surface area contributed by atoms with Gasteiger partial charge in [-0.15, -0.1) is 0 Å². The molecule has 1 aliphatic carbocycles. The Bertz CT molecular complexity index is 556. The van der Waals surface area contributed by atoms with Crippen LogP contribution < -0.4 is 5.73 Å². The number of hydrogen-bond donors (Lipinski definition) is 1. The number of anilines is 1. The van der Waals surface area contributed by atoms with Crippen molar-refractivity contribution in [2.45, 2.75) is 45.1 Å². The van der Waals surface area contributed by atoms with Crippen molar-refractivity contribution >= 4 is 5.69 Å². The molecule has 3 rings (SSSR count). The third kappa shape index (κ3) is 2.45. The molecule has 2 N–H and O–H groups in total. The molecule has 2 aromatic rings. The van der Waals surface area contributed by atoms with E-state index in [1.54, 1.807) is 0 Å². The Hall–Kier alpha value is -1.77. The first-order chi connectivity index (χ1) is 9.79. The highest BCUT2D eigenvalue weighted by Gasteiger charge is 2.26. The molecule has 2 atom stereocenters. The van der Waals surface area contributed by atoms with E-state index in [9.17, 15) is 0 Å². The summed E-state index contributed by atoms with van der Waals surface area (Å²) in [5.41, 5.74) is 7.74. The summed E-state index contributed by atoms with van der Waals surface area (Å²) < 4.78 is 2.39. The van der Waals surface area contributed by atoms with Crippen molar-refractivity contribution in [2.24, 2.45) is 5.92 Å². The Labute approximate surface area is 120 Å². The van der Waals surface area contributed by atoms with Gasteiger partial charge in [0.05, 0.1) is 0 Å². The maximum absolute atomic E-state index is 5.78. The molecule has 0 amide bonds. The summed E-state index contributed by atoms with van der Waals surface area (Å²) in [4.78, 5) is 4.58. The molecule has 0 bridgehead atoms. The Morgan fingerprint density at radius 2 is 1.95 bits per heavy atom. The smallest absolute Gasteiger partial charge is 0.140 e. The lowest BCUT2D eigenvalue weighted by Gasteiger charge is -2.33. The van der Waals surface area contributed by atoms with E-state index < -0.39 is 0 Å². The van der Waals surface area contributed by atoms with Crippen LogP contribution in [0.3, 0.4) is 0 Å². The van der Waals surface area contributed by atoms with Gasteiger partial charge >= 0.3 is 0 Å². The van der Waals surface area contributed by atoms with Gasteiger partial charge in [0, 0.05) is 29.7 Å². The van der Waals surface area contributed by atoms with Gasteiger partial charge in [-0.2, -0.15) is 0 Å². The predicted octanol–water partition coefficient (Wildman–Crippen LogP) is 4.27. The zero-order chi connectivity index (χ0) is 13.9. The summed E-state index contributed by atoms with van der Waals surface area (Å²) in [5.74, 6) is 1.86. The van der Waals surface area contributed by atoms with Crippen LogP contribution in [0.2, 0.25) is 0 Å². The van der Waals surface area contributed by atoms with Crippen LogP contribution in [-0.4, -0.2) is 9.55 Å². The summed E-state index contributed by atoms with van der Waals surface area (Å²) in [7, 11) is 0. The van der Waals surface area contributed by atoms with E-state index in [0.29, 0.717) is 6.04 Å². The van der Waals surface area contributed by atoms with Crippen molar-refractivity contribution in [3.63, 3.8) is 0 Å². The van der Waals surface area contributed by atoms with E-state index in [1.807, 2.05) is 18.3 Å². The molecule has 1 heterocycles. The van der Waals surface area contributed by atoms with Crippen LogP contribution >= 0.6 is 0 Å². The summed E-state index contributed by atoms with van der Waals surface area (Å²) in [6, 6.07) is 8.64. The number of nitrogen functional groups attached to an aromatic ring is 1. The summed E-state index contributed by atoms with van der Waals surface area (Å²) in [6.07, 6.45) is 10.7. The quantitative estimate of drug-likeness (QED) is 0.845. The van der Waals surface area contributed by atoms with Gasteiger partial charge in [0.15, 0.2) is 0 Å². The molecule has 1 aromatic heterocycles. The van der Waals surface area contributed by atoms with Crippen LogP contribution in [0.25, 0.3) is 11.4 Å². The molecule has 1 saturated carbocycles. The van der Waals surface area contributed by atoms with E-state index >= 15 is 0 Å². The monoisotopic (exact) mass is 269 g/mol. The van der Waals surface area contributed by atoms with Gasteiger partial charge in [-0.1, -0.05) is 26.2 Å². The largest absolute Gasteiger partial charge is 0.399 e. The fourth-order valence-corrected chi connectivity index (χ4v) is 3.47. The summed E-state index contributed by atoms with van der Waals surface area (Å²) >= 11 is 0. The number of aromatic nitrogens is 2. The van der Waals surface area contributed by atoms with Crippen molar-refractivity contribution in [3.8, 4) is 11.4 Å². The van der Waals surface area contributed by atoms with Gasteiger partial charge in [-0.3, -0.25) is 0 Å². The second-order valence-electron chi connectivity index (χ2n) is 5.80. The van der Waals surface area contributed by atoms with Gasteiger partial charge in [0.2, 0.25) is 0 Å². The lowest BCUT2D eigenvalue weighted by atomic mass is 9.82. The van der Waals surface area contributed by atoms with Crippen LogP contribution in [0.15, 0.2) is 36.7 Å². The number of hydrogen-bond acceptors (Lipinski definition) is 2. The Kier molecular flexibility index (Phi) is 3.77. The average molecular weight is 269 g/mol. The Morgan fingerprint density at radius 3 is 2.70 bits per heavy atom. The molecule has 106 valence electrons. The lowest BCUT2D eigenvalue weighted by molar-refractivity contribution is 0.234. The van der Waals surface area contributed by atoms with Gasteiger partial charge in [0.25, 0.3) is 0 Å². The van der Waals surface area contributed by atoms with Crippen molar-refractivity contribution in [2.75, 3.05) is 5.73 Å². The van der Waals surface area contributed by atoms with Crippen molar-refractivity contribution in [1.29, 1.82) is 0 Å². The zero-order valence-electron chi connectivity index (χ0n) is 12.1. The van der Waals surface area contributed by atoms with Gasteiger partial charge < -0.3 is 10.3 Å². The topological polar surface area (TPSA) is 43.8 Å². The fraction of sp³-hybridized carbons (Fsp3) is 0.471. The van der Waals surface area contributed by atoms with Gasteiger partial charge in [-0.25, -0.2) is 4.98 Å². The summed E-state index contributed by atoms with van der Waals surface area (Å²) in [5, 5.41) is 0. The van der Waals surface area contributed by atoms with E-state index in [0.717, 1.165) is 23.0 Å². The SMILES string of the molecule is CCC1CCCCC1n1ccnc1-c1ccc(N)cc1.